The number of benzene rings is 1. The first-order valence-corrected chi connectivity index (χ1v) is 6.93. The predicted molar refractivity (Wildman–Crippen MR) is 70.5 cm³/mol. The number of hydrogen-bond acceptors (Lipinski definition) is 1. The molecule has 0 saturated carbocycles. The van der Waals surface area contributed by atoms with Crippen molar-refractivity contribution in [2.24, 2.45) is 0 Å². The number of hydrogen-bond donors (Lipinski definition) is 1. The van der Waals surface area contributed by atoms with Gasteiger partial charge in [0.2, 0.25) is 0 Å². The molecule has 1 atom stereocenters. The third kappa shape index (κ3) is 3.10. The molecule has 1 aromatic carbocycles. The summed E-state index contributed by atoms with van der Waals surface area (Å²) in [6, 6.07) is 4.84. The molecule has 0 heterocycles. The molecule has 1 unspecified atom stereocenters. The van der Waals surface area contributed by atoms with Crippen molar-refractivity contribution >= 4 is 27.3 Å². The summed E-state index contributed by atoms with van der Waals surface area (Å²) in [6.45, 7) is 5.42. The van der Waals surface area contributed by atoms with Gasteiger partial charge in [-0.05, 0) is 18.4 Å². The summed E-state index contributed by atoms with van der Waals surface area (Å²) >= 11 is 0. The van der Waals surface area contributed by atoms with Crippen LogP contribution in [0, 0.1) is 5.82 Å². The molecular weight excluding hydrogens is 225 g/mol. The molecule has 0 amide bonds. The van der Waals surface area contributed by atoms with Crippen LogP contribution < -0.4 is 4.72 Å². The Labute approximate surface area is 96.3 Å². The third-order valence-corrected chi connectivity index (χ3v) is 3.74. The van der Waals surface area contributed by atoms with E-state index in [2.05, 4.69) is 17.2 Å². The highest BCUT2D eigenvalue weighted by molar-refractivity contribution is 8.01. The molecule has 0 bridgehead atoms. The van der Waals surface area contributed by atoms with Crippen LogP contribution in [-0.2, 0) is 9.71 Å². The van der Waals surface area contributed by atoms with Gasteiger partial charge in [-0.15, -0.1) is 0 Å². The van der Waals surface area contributed by atoms with E-state index in [0.717, 1.165) is 6.42 Å². The Morgan fingerprint density at radius 3 is 2.81 bits per heavy atom. The van der Waals surface area contributed by atoms with Crippen LogP contribution in [0.2, 0.25) is 0 Å². The molecule has 88 valence electrons. The van der Waals surface area contributed by atoms with E-state index in [1.165, 1.54) is 6.08 Å². The van der Waals surface area contributed by atoms with Gasteiger partial charge in [0.05, 0.1) is 5.69 Å². The quantitative estimate of drug-likeness (QED) is 0.789. The SMILES string of the molecule is C=Cc1cccc(NS(=C)(=O)CCC)c1F. The zero-order valence-corrected chi connectivity index (χ0v) is 10.1. The van der Waals surface area contributed by atoms with Crippen molar-refractivity contribution in [3.8, 4) is 0 Å². The fourth-order valence-electron chi connectivity index (χ4n) is 1.37. The van der Waals surface area contributed by atoms with Crippen molar-refractivity contribution in [1.29, 1.82) is 0 Å². The largest absolute Gasteiger partial charge is 0.310 e. The van der Waals surface area contributed by atoms with Crippen molar-refractivity contribution in [3.05, 3.63) is 36.2 Å². The van der Waals surface area contributed by atoms with E-state index in [-0.39, 0.29) is 5.69 Å². The van der Waals surface area contributed by atoms with Gasteiger partial charge in [0, 0.05) is 21.0 Å². The fraction of sp³-hybridized carbons (Fsp3) is 0.250. The van der Waals surface area contributed by atoms with E-state index >= 15 is 0 Å². The Kier molecular flexibility index (Phi) is 4.12. The minimum Gasteiger partial charge on any atom is -0.310 e. The summed E-state index contributed by atoms with van der Waals surface area (Å²) in [5, 5.41) is 0. The highest BCUT2D eigenvalue weighted by Crippen LogP contribution is 2.20. The summed E-state index contributed by atoms with van der Waals surface area (Å²) in [4.78, 5) is 0. The summed E-state index contributed by atoms with van der Waals surface area (Å²) in [6.07, 6.45) is 2.16. The zero-order chi connectivity index (χ0) is 12.2. The standard InChI is InChI=1S/C12H16FNOS/c1-4-9-16(3,15)14-11-8-6-7-10(5-2)12(11)13/h5-8H,2-4,9H2,1H3,(H,14,15). The van der Waals surface area contributed by atoms with Crippen molar-refractivity contribution in [1.82, 2.24) is 0 Å². The molecule has 1 rings (SSSR count). The Hall–Kier alpha value is -1.29. The summed E-state index contributed by atoms with van der Waals surface area (Å²) in [5.74, 6) is 3.56. The van der Waals surface area contributed by atoms with Gasteiger partial charge < -0.3 is 4.72 Å². The van der Waals surface area contributed by atoms with Crippen LogP contribution in [-0.4, -0.2) is 15.8 Å². The monoisotopic (exact) mass is 241 g/mol. The first-order valence-electron chi connectivity index (χ1n) is 5.04. The zero-order valence-electron chi connectivity index (χ0n) is 9.33. The van der Waals surface area contributed by atoms with Crippen molar-refractivity contribution in [2.45, 2.75) is 13.3 Å². The smallest absolute Gasteiger partial charge is 0.154 e. The van der Waals surface area contributed by atoms with E-state index < -0.39 is 15.5 Å². The van der Waals surface area contributed by atoms with Gasteiger partial charge >= 0.3 is 0 Å². The minimum absolute atomic E-state index is 0.214. The molecule has 0 aliphatic rings. The van der Waals surface area contributed by atoms with Crippen LogP contribution in [0.5, 0.6) is 0 Å². The second-order valence-corrected chi connectivity index (χ2v) is 5.77. The molecule has 2 nitrogen and oxygen atoms in total. The molecule has 1 N–H and O–H groups in total. The molecule has 0 aliphatic heterocycles. The van der Waals surface area contributed by atoms with Crippen LogP contribution in [0.15, 0.2) is 24.8 Å². The molecule has 0 radical (unpaired) electrons. The maximum atomic E-state index is 13.8. The molecule has 16 heavy (non-hydrogen) atoms. The topological polar surface area (TPSA) is 29.1 Å². The lowest BCUT2D eigenvalue weighted by atomic mass is 10.2. The molecule has 0 aromatic heterocycles. The van der Waals surface area contributed by atoms with Gasteiger partial charge in [-0.25, -0.2) is 8.60 Å². The van der Waals surface area contributed by atoms with Crippen LogP contribution in [0.4, 0.5) is 10.1 Å². The summed E-state index contributed by atoms with van der Waals surface area (Å²) in [5.41, 5.74) is 0.600. The lowest BCUT2D eigenvalue weighted by Gasteiger charge is -2.13. The molecule has 0 aliphatic carbocycles. The Morgan fingerprint density at radius 1 is 1.56 bits per heavy atom. The van der Waals surface area contributed by atoms with Crippen LogP contribution in [0.25, 0.3) is 6.08 Å². The predicted octanol–water partition coefficient (Wildman–Crippen LogP) is 2.92. The van der Waals surface area contributed by atoms with Crippen molar-refractivity contribution in [2.75, 3.05) is 10.5 Å². The highest BCUT2D eigenvalue weighted by Gasteiger charge is 2.09. The average molecular weight is 241 g/mol. The molecule has 4 heteroatoms. The van der Waals surface area contributed by atoms with E-state index in [0.29, 0.717) is 11.3 Å². The second-order valence-electron chi connectivity index (χ2n) is 3.53. The number of rotatable bonds is 5. The maximum absolute atomic E-state index is 13.8. The number of anilines is 1. The first kappa shape index (κ1) is 12.8. The molecule has 0 spiro atoms. The van der Waals surface area contributed by atoms with E-state index in [4.69, 9.17) is 0 Å². The Bertz CT molecular complexity index is 480. The van der Waals surface area contributed by atoms with Crippen LogP contribution in [0.3, 0.4) is 0 Å². The van der Waals surface area contributed by atoms with Crippen molar-refractivity contribution < 1.29 is 8.60 Å². The van der Waals surface area contributed by atoms with E-state index in [1.54, 1.807) is 18.2 Å². The summed E-state index contributed by atoms with van der Waals surface area (Å²) < 4.78 is 28.3. The van der Waals surface area contributed by atoms with Gasteiger partial charge in [-0.2, -0.15) is 0 Å². The lowest BCUT2D eigenvalue weighted by molar-refractivity contribution is 0.629. The Balaban J connectivity index is 3.03. The second kappa shape index (κ2) is 5.16. The van der Waals surface area contributed by atoms with Gasteiger partial charge in [0.25, 0.3) is 0 Å². The minimum atomic E-state index is -2.46. The highest BCUT2D eigenvalue weighted by atomic mass is 32.2. The fourth-order valence-corrected chi connectivity index (χ4v) is 2.69. The molecular formula is C12H16FNOS. The van der Waals surface area contributed by atoms with E-state index in [1.807, 2.05) is 6.92 Å². The van der Waals surface area contributed by atoms with E-state index in [9.17, 15) is 8.60 Å². The number of nitrogens with one attached hydrogen (secondary N) is 1. The lowest BCUT2D eigenvalue weighted by Crippen LogP contribution is -2.16. The third-order valence-electron chi connectivity index (χ3n) is 2.08. The van der Waals surface area contributed by atoms with Crippen LogP contribution in [0.1, 0.15) is 18.9 Å². The first-order chi connectivity index (χ1) is 7.50. The maximum Gasteiger partial charge on any atom is 0.154 e. The average Bonchev–Trinajstić information content (AvgIpc) is 2.21. The van der Waals surface area contributed by atoms with Gasteiger partial charge in [-0.3, -0.25) is 0 Å². The normalized spacial score (nSPS) is 14.1. The molecule has 0 fully saturated rings. The van der Waals surface area contributed by atoms with Crippen LogP contribution >= 0.6 is 0 Å². The van der Waals surface area contributed by atoms with Gasteiger partial charge in [-0.1, -0.05) is 31.7 Å². The molecule has 0 saturated heterocycles. The molecule has 1 aromatic rings. The summed E-state index contributed by atoms with van der Waals surface area (Å²) in [7, 11) is -2.46. The van der Waals surface area contributed by atoms with Gasteiger partial charge in [0.15, 0.2) is 5.82 Å². The number of halogens is 1. The Morgan fingerprint density at radius 2 is 2.25 bits per heavy atom. The van der Waals surface area contributed by atoms with Gasteiger partial charge in [0.1, 0.15) is 0 Å². The van der Waals surface area contributed by atoms with Crippen molar-refractivity contribution in [3.63, 3.8) is 0 Å².